The molecular weight excluding hydrogens is 348 g/mol. The summed E-state index contributed by atoms with van der Waals surface area (Å²) in [5, 5.41) is 1.07. The van der Waals surface area contributed by atoms with Gasteiger partial charge in [-0.25, -0.2) is 4.98 Å². The van der Waals surface area contributed by atoms with Crippen molar-refractivity contribution in [2.45, 2.75) is 12.2 Å². The van der Waals surface area contributed by atoms with E-state index in [0.717, 1.165) is 4.70 Å². The minimum Gasteiger partial charge on any atom is -0.300 e. The van der Waals surface area contributed by atoms with E-state index in [1.165, 1.54) is 17.4 Å². The van der Waals surface area contributed by atoms with Crippen LogP contribution in [0.5, 0.6) is 0 Å². The number of amides is 1. The van der Waals surface area contributed by atoms with Crippen molar-refractivity contribution < 1.29 is 17.8 Å². The fraction of sp³-hybridized carbons (Fsp3) is 0.125. The Balaban J connectivity index is 1.96. The fourth-order valence-electron chi connectivity index (χ4n) is 2.41. The van der Waals surface area contributed by atoms with E-state index < -0.39 is 21.3 Å². The largest absolute Gasteiger partial charge is 0.300 e. The Morgan fingerprint density at radius 1 is 1.17 bits per heavy atom. The molecule has 8 heteroatoms. The molecule has 0 saturated heterocycles. The Morgan fingerprint density at radius 3 is 2.50 bits per heavy atom. The molecule has 0 saturated carbocycles. The Morgan fingerprint density at radius 2 is 1.83 bits per heavy atom. The van der Waals surface area contributed by atoms with Crippen molar-refractivity contribution in [3.8, 4) is 0 Å². The number of aryl methyl sites for hydroxylation is 1. The van der Waals surface area contributed by atoms with Crippen molar-refractivity contribution in [2.75, 3.05) is 5.32 Å². The molecule has 2 N–H and O–H groups in total. The summed E-state index contributed by atoms with van der Waals surface area (Å²) in [5.74, 6) is -0.842. The van der Waals surface area contributed by atoms with Crippen LogP contribution in [-0.2, 0) is 14.9 Å². The number of hydrogen-bond donors (Lipinski definition) is 2. The molecule has 0 radical (unpaired) electrons. The lowest BCUT2D eigenvalue weighted by Gasteiger charge is -2.15. The molecule has 1 atom stereocenters. The van der Waals surface area contributed by atoms with Gasteiger partial charge in [0.15, 0.2) is 10.4 Å². The van der Waals surface area contributed by atoms with Crippen LogP contribution >= 0.6 is 11.3 Å². The van der Waals surface area contributed by atoms with Crippen LogP contribution in [0.3, 0.4) is 0 Å². The lowest BCUT2D eigenvalue weighted by molar-refractivity contribution is -0.116. The number of carbonyl (C=O) groups excluding carboxylic acids is 1. The predicted molar refractivity (Wildman–Crippen MR) is 93.7 cm³/mol. The number of carbonyl (C=O) groups is 1. The van der Waals surface area contributed by atoms with Crippen molar-refractivity contribution in [1.29, 1.82) is 0 Å². The van der Waals surface area contributed by atoms with E-state index in [0.29, 0.717) is 11.1 Å². The highest BCUT2D eigenvalue weighted by atomic mass is 32.2. The summed E-state index contributed by atoms with van der Waals surface area (Å²) in [7, 11) is -4.63. The topological polar surface area (TPSA) is 96.4 Å². The highest BCUT2D eigenvalue weighted by Crippen LogP contribution is 2.29. The second kappa shape index (κ2) is 6.31. The first kappa shape index (κ1) is 16.6. The lowest BCUT2D eigenvalue weighted by atomic mass is 10.1. The van der Waals surface area contributed by atoms with Crippen molar-refractivity contribution in [2.24, 2.45) is 0 Å². The first-order valence-corrected chi connectivity index (χ1v) is 9.36. The van der Waals surface area contributed by atoms with E-state index in [2.05, 4.69) is 10.3 Å². The molecule has 6 nitrogen and oxygen atoms in total. The van der Waals surface area contributed by atoms with Crippen molar-refractivity contribution in [3.05, 3.63) is 59.7 Å². The lowest BCUT2D eigenvalue weighted by Crippen LogP contribution is -2.28. The number of aromatic nitrogens is 1. The van der Waals surface area contributed by atoms with Gasteiger partial charge in [0.1, 0.15) is 0 Å². The molecule has 0 aliphatic carbocycles. The number of fused-ring (bicyclic) bond motifs is 1. The molecule has 3 rings (SSSR count). The molecule has 3 aromatic rings. The molecule has 0 aliphatic heterocycles. The first-order chi connectivity index (χ1) is 11.4. The van der Waals surface area contributed by atoms with Gasteiger partial charge < -0.3 is 5.32 Å². The minimum atomic E-state index is -4.63. The Bertz CT molecular complexity index is 979. The summed E-state index contributed by atoms with van der Waals surface area (Å²) in [6.07, 6.45) is 0. The smallest absolute Gasteiger partial charge is 0.281 e. The van der Waals surface area contributed by atoms with Gasteiger partial charge in [-0.15, -0.1) is 0 Å². The SMILES string of the molecule is Cc1ccccc1C(C(=O)Nc1nc2ccccc2s1)S(=O)(=O)O. The second-order valence-corrected chi connectivity index (χ2v) is 7.76. The van der Waals surface area contributed by atoms with Gasteiger partial charge in [0.25, 0.3) is 16.0 Å². The van der Waals surface area contributed by atoms with Gasteiger partial charge >= 0.3 is 0 Å². The third-order valence-electron chi connectivity index (χ3n) is 3.53. The van der Waals surface area contributed by atoms with Crippen LogP contribution in [0.4, 0.5) is 5.13 Å². The molecule has 24 heavy (non-hydrogen) atoms. The van der Waals surface area contributed by atoms with Gasteiger partial charge in [0.2, 0.25) is 0 Å². The summed E-state index contributed by atoms with van der Waals surface area (Å²) in [4.78, 5) is 16.7. The number of anilines is 1. The predicted octanol–water partition coefficient (Wildman–Crippen LogP) is 3.17. The molecule has 1 unspecified atom stereocenters. The molecule has 1 amide bonds. The maximum absolute atomic E-state index is 12.5. The Kier molecular flexibility index (Phi) is 4.35. The molecule has 124 valence electrons. The van der Waals surface area contributed by atoms with E-state index >= 15 is 0 Å². The van der Waals surface area contributed by atoms with E-state index in [1.807, 2.05) is 18.2 Å². The Hall–Kier alpha value is -2.29. The van der Waals surface area contributed by atoms with Crippen LogP contribution in [0, 0.1) is 6.92 Å². The average molecular weight is 362 g/mol. The summed E-state index contributed by atoms with van der Waals surface area (Å²) in [5.41, 5.74) is 1.54. The van der Waals surface area contributed by atoms with Crippen molar-refractivity contribution >= 4 is 42.7 Å². The molecular formula is C16H14N2O4S2. The minimum absolute atomic E-state index is 0.235. The number of thiazole rings is 1. The van der Waals surface area contributed by atoms with Gasteiger partial charge in [-0.1, -0.05) is 47.7 Å². The molecule has 0 bridgehead atoms. The summed E-state index contributed by atoms with van der Waals surface area (Å²) < 4.78 is 33.9. The molecule has 2 aromatic carbocycles. The van der Waals surface area contributed by atoms with Gasteiger partial charge in [-0.3, -0.25) is 9.35 Å². The quantitative estimate of drug-likeness (QED) is 0.695. The van der Waals surface area contributed by atoms with Gasteiger partial charge in [-0.2, -0.15) is 8.42 Å². The fourth-order valence-corrected chi connectivity index (χ4v) is 4.20. The zero-order valence-electron chi connectivity index (χ0n) is 12.6. The number of para-hydroxylation sites is 1. The van der Waals surface area contributed by atoms with Crippen LogP contribution in [-0.4, -0.2) is 23.9 Å². The van der Waals surface area contributed by atoms with Gasteiger partial charge in [-0.05, 0) is 30.2 Å². The third-order valence-corrected chi connectivity index (χ3v) is 5.55. The van der Waals surface area contributed by atoms with E-state index in [-0.39, 0.29) is 10.7 Å². The zero-order valence-corrected chi connectivity index (χ0v) is 14.3. The maximum Gasteiger partial charge on any atom is 0.281 e. The van der Waals surface area contributed by atoms with Crippen LogP contribution in [0.15, 0.2) is 48.5 Å². The van der Waals surface area contributed by atoms with Crippen LogP contribution in [0.25, 0.3) is 10.2 Å². The van der Waals surface area contributed by atoms with E-state index in [4.69, 9.17) is 0 Å². The summed E-state index contributed by atoms with van der Waals surface area (Å²) in [6, 6.07) is 13.8. The standard InChI is InChI=1S/C16H14N2O4S2/c1-10-6-2-3-7-11(10)14(24(20,21)22)15(19)18-16-17-12-8-4-5-9-13(12)23-16/h2-9,14H,1H3,(H,17,18,19)(H,20,21,22). The summed E-state index contributed by atoms with van der Waals surface area (Å²) >= 11 is 1.23. The first-order valence-electron chi connectivity index (χ1n) is 7.04. The van der Waals surface area contributed by atoms with Crippen LogP contribution in [0.1, 0.15) is 16.4 Å². The number of hydrogen-bond acceptors (Lipinski definition) is 5. The van der Waals surface area contributed by atoms with Crippen LogP contribution < -0.4 is 5.32 Å². The zero-order chi connectivity index (χ0) is 17.3. The van der Waals surface area contributed by atoms with E-state index in [1.54, 1.807) is 31.2 Å². The maximum atomic E-state index is 12.5. The van der Waals surface area contributed by atoms with Gasteiger partial charge in [0, 0.05) is 0 Å². The third kappa shape index (κ3) is 3.30. The molecule has 1 heterocycles. The monoisotopic (exact) mass is 362 g/mol. The number of nitrogens with zero attached hydrogens (tertiary/aromatic N) is 1. The molecule has 0 fully saturated rings. The summed E-state index contributed by atoms with van der Waals surface area (Å²) in [6.45, 7) is 1.68. The number of nitrogens with one attached hydrogen (secondary N) is 1. The average Bonchev–Trinajstić information content (AvgIpc) is 2.90. The highest BCUT2D eigenvalue weighted by Gasteiger charge is 2.34. The second-order valence-electron chi connectivity index (χ2n) is 5.23. The number of benzene rings is 2. The Labute approximate surface area is 142 Å². The van der Waals surface area contributed by atoms with E-state index in [9.17, 15) is 17.8 Å². The van der Waals surface area contributed by atoms with Crippen LogP contribution in [0.2, 0.25) is 0 Å². The van der Waals surface area contributed by atoms with Gasteiger partial charge in [0.05, 0.1) is 10.2 Å². The van der Waals surface area contributed by atoms with Crippen molar-refractivity contribution in [3.63, 3.8) is 0 Å². The molecule has 0 aliphatic rings. The molecule has 1 aromatic heterocycles. The van der Waals surface area contributed by atoms with Crippen molar-refractivity contribution in [1.82, 2.24) is 4.98 Å². The molecule has 0 spiro atoms. The normalized spacial score (nSPS) is 12.9. The highest BCUT2D eigenvalue weighted by molar-refractivity contribution is 7.86. The number of rotatable bonds is 4.